The summed E-state index contributed by atoms with van der Waals surface area (Å²) in [6.45, 7) is 13.1. The monoisotopic (exact) mass is 1400 g/mol. The van der Waals surface area contributed by atoms with Crippen LogP contribution < -0.4 is 16.0 Å². The molecule has 0 saturated carbocycles. The smallest absolute Gasteiger partial charge is 0.779 e. The number of para-hydroxylation sites is 3. The number of aliphatic hydroxyl groups excluding tert-OH is 3. The summed E-state index contributed by atoms with van der Waals surface area (Å²) < 4.78 is 59.2. The minimum absolute atomic E-state index is 0. The van der Waals surface area contributed by atoms with Crippen LogP contribution in [-0.4, -0.2) is 54.4 Å². The number of hydrogen-bond donors (Lipinski definition) is 6. The zero-order chi connectivity index (χ0) is 61.7. The molecule has 21 heteroatoms. The zero-order valence-electron chi connectivity index (χ0n) is 47.1. The van der Waals surface area contributed by atoms with Crippen molar-refractivity contribution >= 4 is 80.5 Å². The van der Waals surface area contributed by atoms with Gasteiger partial charge in [-0.1, -0.05) is 215 Å². The average Bonchev–Trinajstić information content (AvgIpc) is 3.48. The summed E-state index contributed by atoms with van der Waals surface area (Å²) in [6, 6.07) is 66.6. The van der Waals surface area contributed by atoms with Crippen molar-refractivity contribution in [3.63, 3.8) is 0 Å². The first kappa shape index (κ1) is 81.2. The van der Waals surface area contributed by atoms with E-state index in [1.807, 2.05) is 109 Å². The molecule has 0 aliphatic heterocycles. The Labute approximate surface area is 527 Å². The summed E-state index contributed by atoms with van der Waals surface area (Å²) in [5, 5.41) is 29.4. The molecule has 9 nitrogen and oxygen atoms in total. The molecule has 0 unspecified atom stereocenters. The third-order valence-electron chi connectivity index (χ3n) is 9.98. The Morgan fingerprint density at radius 3 is 0.711 bits per heavy atom. The number of carbonyl (C=O) groups excluding carboxylic acids is 3. The summed E-state index contributed by atoms with van der Waals surface area (Å²) in [5.41, 5.74) is 9.41. The van der Waals surface area contributed by atoms with Crippen molar-refractivity contribution < 1.29 is 93.8 Å². The van der Waals surface area contributed by atoms with Gasteiger partial charge in [-0.3, -0.25) is 14.4 Å². The largest absolute Gasteiger partial charge is 2.00 e. The molecule has 0 aliphatic carbocycles. The third kappa shape index (κ3) is 39.2. The number of benzene rings is 8. The Kier molecular flexibility index (Phi) is 41.0. The van der Waals surface area contributed by atoms with Gasteiger partial charge in [-0.2, -0.15) is 14.7 Å². The van der Waals surface area contributed by atoms with Gasteiger partial charge in [-0.05, 0) is 73.2 Å². The van der Waals surface area contributed by atoms with Crippen molar-refractivity contribution in [2.24, 2.45) is 0 Å². The van der Waals surface area contributed by atoms with Crippen LogP contribution in [0.25, 0.3) is 0 Å². The molecule has 83 heavy (non-hydrogen) atoms. The van der Waals surface area contributed by atoms with Gasteiger partial charge >= 0.3 is 71.9 Å². The van der Waals surface area contributed by atoms with E-state index in [1.165, 1.54) is 22.3 Å². The quantitative estimate of drug-likeness (QED) is 0.0379. The maximum atomic E-state index is 11.9. The number of hydrogen-bond acceptors (Lipinski definition) is 9. The molecule has 8 rings (SSSR count). The minimum atomic E-state index is -10.7. The minimum Gasteiger partial charge on any atom is -0.779 e. The van der Waals surface area contributed by atoms with E-state index in [0.29, 0.717) is 43.2 Å². The van der Waals surface area contributed by atoms with Crippen LogP contribution in [0, 0.1) is 13.8 Å². The van der Waals surface area contributed by atoms with Crippen LogP contribution in [-0.2, 0) is 76.8 Å². The van der Waals surface area contributed by atoms with Gasteiger partial charge in [-0.25, -0.2) is 0 Å². The fourth-order valence-electron chi connectivity index (χ4n) is 6.03. The van der Waals surface area contributed by atoms with Gasteiger partial charge in [0.1, 0.15) is 0 Å². The van der Waals surface area contributed by atoms with Crippen LogP contribution in [0.2, 0.25) is 0 Å². The van der Waals surface area contributed by atoms with Crippen LogP contribution in [0.4, 0.5) is 42.2 Å². The molecule has 8 aromatic rings. The molecule has 0 fully saturated rings. The Hall–Kier alpha value is -6.03. The second-order valence-electron chi connectivity index (χ2n) is 17.0. The fraction of sp³-hybridized carbons (Fsp3) is 0.177. The second kappa shape index (κ2) is 41.9. The summed E-state index contributed by atoms with van der Waals surface area (Å²) in [5.74, 6) is 0.798. The SMILES string of the molecule is CO.CO.CO.Cc1ccc(C(C)C)cc1.Cc1ccc(C(C)C)cc1.F[P-](F)(F)(F)(F)F.O=C(Nc1ccccc1)c1ccccc1[S-].O=C(Nc1ccccc1)c1ccccc1[S-].O=C(Nc1ccccc1)c1ccccc1[S-].[Ru+2].[Ru+2]. The van der Waals surface area contributed by atoms with Crippen LogP contribution in [0.3, 0.4) is 0 Å². The van der Waals surface area contributed by atoms with Crippen LogP contribution in [0.5, 0.6) is 0 Å². The molecular formula is C62H70F6N3O6PRu2S3. The number of amides is 3. The number of halogens is 6. The molecule has 0 spiro atoms. The molecule has 0 radical (unpaired) electrons. The van der Waals surface area contributed by atoms with Gasteiger partial charge in [0.15, 0.2) is 0 Å². The fourth-order valence-corrected chi connectivity index (χ4v) is 6.74. The third-order valence-corrected chi connectivity index (χ3v) is 11.0. The van der Waals surface area contributed by atoms with Gasteiger partial charge < -0.3 is 69.2 Å². The first-order valence-corrected chi connectivity index (χ1v) is 27.8. The number of rotatable bonds is 8. The van der Waals surface area contributed by atoms with Crippen LogP contribution in [0.15, 0.2) is 227 Å². The molecule has 3 amide bonds. The second-order valence-corrected chi connectivity index (χ2v) is 20.3. The van der Waals surface area contributed by atoms with E-state index in [9.17, 15) is 39.6 Å². The Morgan fingerprint density at radius 2 is 0.530 bits per heavy atom. The Balaban J connectivity index is -0.000000921. The van der Waals surface area contributed by atoms with E-state index in [-0.39, 0.29) is 56.7 Å². The van der Waals surface area contributed by atoms with E-state index in [0.717, 1.165) is 38.4 Å². The molecule has 0 saturated heterocycles. The standard InChI is InChI=1S/3C13H11NOS.2C10H14.3CH4O.F6P.2Ru/c3*15-13(11-8-4-5-9-12(11)16)14-10-6-2-1-3-7-10;2*1-8(2)10-6-4-9(3)5-7-10;3*1-2;1-7(2,3,4,5)6;;/h3*1-9,16H,(H,14,15);2*4-8H,1-3H3;3*2H,1H3;;;/q;;;;;;;;-1;2*+2/p-3. The van der Waals surface area contributed by atoms with Crippen molar-refractivity contribution in [3.05, 3.63) is 251 Å². The number of aryl methyl sites for hydroxylation is 2. The Bertz CT molecular complexity index is 2750. The van der Waals surface area contributed by atoms with Gasteiger partial charge in [0, 0.05) is 55.1 Å². The molecule has 6 N–H and O–H groups in total. The van der Waals surface area contributed by atoms with Crippen molar-refractivity contribution in [2.45, 2.75) is 68.1 Å². The molecule has 0 heterocycles. The first-order chi connectivity index (χ1) is 38.2. The summed E-state index contributed by atoms with van der Waals surface area (Å²) >= 11 is 15.3. The summed E-state index contributed by atoms with van der Waals surface area (Å²) in [6.07, 6.45) is 0. The molecule has 0 aromatic heterocycles. The van der Waals surface area contributed by atoms with Crippen LogP contribution in [0.1, 0.15) is 92.9 Å². The number of anilines is 3. The van der Waals surface area contributed by atoms with Gasteiger partial charge in [0.05, 0.1) is 0 Å². The molecule has 0 atom stereocenters. The number of aliphatic hydroxyl groups is 3. The van der Waals surface area contributed by atoms with E-state index < -0.39 is 7.81 Å². The van der Waals surface area contributed by atoms with Crippen molar-refractivity contribution in [3.8, 4) is 0 Å². The molecule has 0 aliphatic rings. The van der Waals surface area contributed by atoms with Gasteiger partial charge in [-0.15, -0.1) is 0 Å². The molecule has 8 aromatic carbocycles. The number of nitrogens with one attached hydrogen (secondary N) is 3. The topological polar surface area (TPSA) is 148 Å². The van der Waals surface area contributed by atoms with Gasteiger partial charge in [0.25, 0.3) is 17.7 Å². The van der Waals surface area contributed by atoms with Gasteiger partial charge in [0.2, 0.25) is 0 Å². The van der Waals surface area contributed by atoms with Crippen molar-refractivity contribution in [1.82, 2.24) is 0 Å². The zero-order valence-corrected chi connectivity index (χ0v) is 53.9. The van der Waals surface area contributed by atoms with Crippen LogP contribution >= 0.6 is 7.81 Å². The molecule has 0 bridgehead atoms. The predicted octanol–water partition coefficient (Wildman–Crippen LogP) is 17.0. The average molecular weight is 1400 g/mol. The first-order valence-electron chi connectivity index (χ1n) is 24.6. The maximum Gasteiger partial charge on any atom is 2.00 e. The van der Waals surface area contributed by atoms with E-state index in [2.05, 4.69) is 106 Å². The van der Waals surface area contributed by atoms with Crippen molar-refractivity contribution in [1.29, 1.82) is 0 Å². The summed E-state index contributed by atoms with van der Waals surface area (Å²) in [7, 11) is -7.66. The van der Waals surface area contributed by atoms with E-state index in [1.54, 1.807) is 54.6 Å². The predicted molar refractivity (Wildman–Crippen MR) is 328 cm³/mol. The summed E-state index contributed by atoms with van der Waals surface area (Å²) in [4.78, 5) is 37.3. The normalized spacial score (nSPS) is 10.3. The molecular weight excluding hydrogens is 1330 g/mol. The maximum absolute atomic E-state index is 11.9. The van der Waals surface area contributed by atoms with E-state index >= 15 is 0 Å². The Morgan fingerprint density at radius 1 is 0.349 bits per heavy atom. The van der Waals surface area contributed by atoms with E-state index in [4.69, 9.17) is 53.2 Å². The number of carbonyl (C=O) groups is 3. The molecule has 450 valence electrons. The van der Waals surface area contributed by atoms with Crippen molar-refractivity contribution in [2.75, 3.05) is 37.3 Å².